The Hall–Kier alpha value is -6.72. The summed E-state index contributed by atoms with van der Waals surface area (Å²) in [6.07, 6.45) is 0. The van der Waals surface area contributed by atoms with Crippen molar-refractivity contribution in [3.05, 3.63) is 170 Å². The minimum Gasteiger partial charge on any atom is -0.435 e. The first kappa shape index (κ1) is 28.5. The Morgan fingerprint density at radius 2 is 0.796 bits per heavy atom. The van der Waals surface area contributed by atoms with Gasteiger partial charge >= 0.3 is 0 Å². The zero-order chi connectivity index (χ0) is 32.6. The van der Waals surface area contributed by atoms with E-state index < -0.39 is 0 Å². The van der Waals surface area contributed by atoms with Crippen LogP contribution < -0.4 is 0 Å². The van der Waals surface area contributed by atoms with E-state index in [1.807, 2.05) is 72.8 Å². The van der Waals surface area contributed by atoms with Crippen LogP contribution in [-0.2, 0) is 0 Å². The molecule has 0 atom stereocenters. The monoisotopic (exact) mass is 628 g/mol. The molecule has 7 aromatic carbocycles. The minimum absolute atomic E-state index is 0.614. The highest BCUT2D eigenvalue weighted by molar-refractivity contribution is 6.11. The molecule has 0 aliphatic rings. The first-order valence-electron chi connectivity index (χ1n) is 16.2. The summed E-state index contributed by atoms with van der Waals surface area (Å²) in [7, 11) is 0. The van der Waals surface area contributed by atoms with Gasteiger partial charge in [0.05, 0.1) is 0 Å². The Morgan fingerprint density at radius 1 is 0.327 bits per heavy atom. The molecule has 5 nitrogen and oxygen atoms in total. The van der Waals surface area contributed by atoms with Crippen molar-refractivity contribution in [2.24, 2.45) is 0 Å². The maximum atomic E-state index is 6.43. The number of hydrogen-bond acceptors (Lipinski definition) is 5. The van der Waals surface area contributed by atoms with E-state index in [1.165, 1.54) is 5.56 Å². The van der Waals surface area contributed by atoms with E-state index in [4.69, 9.17) is 24.4 Å². The van der Waals surface area contributed by atoms with E-state index >= 15 is 0 Å². The molecule has 0 spiro atoms. The molecule has 5 heteroatoms. The van der Waals surface area contributed by atoms with Crippen LogP contribution in [-0.4, -0.2) is 19.9 Å². The average molecular weight is 629 g/mol. The molecule has 0 aliphatic heterocycles. The lowest BCUT2D eigenvalue weighted by atomic mass is 9.96. The summed E-state index contributed by atoms with van der Waals surface area (Å²) in [5.74, 6) is 2.49. The summed E-state index contributed by atoms with van der Waals surface area (Å²) in [5, 5.41) is 2.13. The van der Waals surface area contributed by atoms with E-state index in [9.17, 15) is 0 Å². The first-order chi connectivity index (χ1) is 24.3. The van der Waals surface area contributed by atoms with Crippen LogP contribution in [0.4, 0.5) is 0 Å². The van der Waals surface area contributed by atoms with Gasteiger partial charge in [-0.3, -0.25) is 0 Å². The van der Waals surface area contributed by atoms with Crippen LogP contribution in [0.1, 0.15) is 0 Å². The number of oxazole rings is 1. The molecule has 230 valence electrons. The van der Waals surface area contributed by atoms with Crippen molar-refractivity contribution < 1.29 is 4.42 Å². The highest BCUT2D eigenvalue weighted by Gasteiger charge is 2.16. The fraction of sp³-hybridized carbons (Fsp3) is 0. The van der Waals surface area contributed by atoms with E-state index in [0.717, 1.165) is 60.8 Å². The van der Waals surface area contributed by atoms with Gasteiger partial charge in [0.15, 0.2) is 23.1 Å². The van der Waals surface area contributed by atoms with Gasteiger partial charge in [-0.1, -0.05) is 152 Å². The van der Waals surface area contributed by atoms with E-state index in [1.54, 1.807) is 0 Å². The molecule has 0 saturated carbocycles. The van der Waals surface area contributed by atoms with E-state index in [2.05, 4.69) is 97.1 Å². The van der Waals surface area contributed by atoms with Gasteiger partial charge in [0, 0.05) is 27.6 Å². The van der Waals surface area contributed by atoms with Crippen molar-refractivity contribution in [2.75, 3.05) is 0 Å². The van der Waals surface area contributed by atoms with Crippen molar-refractivity contribution in [1.82, 2.24) is 19.9 Å². The Kier molecular flexibility index (Phi) is 7.06. The highest BCUT2D eigenvalue weighted by Crippen LogP contribution is 2.37. The normalized spacial score (nSPS) is 11.3. The third-order valence-electron chi connectivity index (χ3n) is 8.79. The SMILES string of the molecule is c1ccc(-c2ccc(-c3nc(-c4ccccc4)nc(-c4ccc(-c5cccc6ccc7nc(-c8ccccc8)oc7c56)cc4)n3)cc2)cc1. The molecule has 49 heavy (non-hydrogen) atoms. The number of nitrogens with zero attached hydrogens (tertiary/aromatic N) is 4. The average Bonchev–Trinajstić information content (AvgIpc) is 3.64. The van der Waals surface area contributed by atoms with Gasteiger partial charge in [-0.2, -0.15) is 0 Å². The van der Waals surface area contributed by atoms with E-state index in [-0.39, 0.29) is 0 Å². The second-order valence-corrected chi connectivity index (χ2v) is 11.9. The second kappa shape index (κ2) is 12.1. The maximum Gasteiger partial charge on any atom is 0.227 e. The van der Waals surface area contributed by atoms with Crippen LogP contribution in [0.3, 0.4) is 0 Å². The molecule has 0 saturated heterocycles. The topological polar surface area (TPSA) is 64.7 Å². The molecule has 0 bridgehead atoms. The summed E-state index contributed by atoms with van der Waals surface area (Å²) in [5.41, 5.74) is 9.79. The minimum atomic E-state index is 0.614. The molecule has 2 aromatic heterocycles. The van der Waals surface area contributed by atoms with Crippen LogP contribution in [0.5, 0.6) is 0 Å². The second-order valence-electron chi connectivity index (χ2n) is 11.9. The highest BCUT2D eigenvalue weighted by atomic mass is 16.3. The van der Waals surface area contributed by atoms with Gasteiger partial charge in [0.2, 0.25) is 5.89 Å². The third-order valence-corrected chi connectivity index (χ3v) is 8.79. The molecule has 0 radical (unpaired) electrons. The quantitative estimate of drug-likeness (QED) is 0.183. The van der Waals surface area contributed by atoms with Gasteiger partial charge in [-0.25, -0.2) is 19.9 Å². The van der Waals surface area contributed by atoms with Gasteiger partial charge in [-0.15, -0.1) is 0 Å². The van der Waals surface area contributed by atoms with Gasteiger partial charge in [-0.05, 0) is 45.8 Å². The maximum absolute atomic E-state index is 6.43. The number of aromatic nitrogens is 4. The standard InChI is InChI=1S/C44H28N4O/c1-4-11-29(12-5-1)30-19-23-34(24-20-30)42-46-41(33-13-6-2-7-14-33)47-43(48-42)35-25-21-31(22-26-35)37-18-10-17-32-27-28-38-40(39(32)37)49-44(45-38)36-15-8-3-9-16-36/h1-28H. The molecule has 0 aliphatic carbocycles. The smallest absolute Gasteiger partial charge is 0.227 e. The van der Waals surface area contributed by atoms with E-state index in [0.29, 0.717) is 23.4 Å². The number of fused-ring (bicyclic) bond motifs is 3. The van der Waals surface area contributed by atoms with Crippen molar-refractivity contribution in [1.29, 1.82) is 0 Å². The fourth-order valence-corrected chi connectivity index (χ4v) is 6.29. The summed E-state index contributed by atoms with van der Waals surface area (Å²) in [6, 6.07) is 57.7. The Bertz CT molecular complexity index is 2560. The summed E-state index contributed by atoms with van der Waals surface area (Å²) in [6.45, 7) is 0. The van der Waals surface area contributed by atoms with Gasteiger partial charge in [0.1, 0.15) is 5.52 Å². The number of benzene rings is 7. The van der Waals surface area contributed by atoms with Crippen LogP contribution in [0, 0.1) is 0 Å². The summed E-state index contributed by atoms with van der Waals surface area (Å²) < 4.78 is 6.43. The fourth-order valence-electron chi connectivity index (χ4n) is 6.29. The number of hydrogen-bond donors (Lipinski definition) is 0. The lowest BCUT2D eigenvalue weighted by Gasteiger charge is -2.10. The Labute approximate surface area is 283 Å². The molecule has 0 amide bonds. The predicted octanol–water partition coefficient (Wildman–Crippen LogP) is 11.2. The van der Waals surface area contributed by atoms with Crippen molar-refractivity contribution >= 4 is 21.9 Å². The zero-order valence-corrected chi connectivity index (χ0v) is 26.4. The first-order valence-corrected chi connectivity index (χ1v) is 16.2. The van der Waals surface area contributed by atoms with Gasteiger partial charge < -0.3 is 4.42 Å². The molecule has 0 unspecified atom stereocenters. The van der Waals surface area contributed by atoms with Crippen LogP contribution in [0.15, 0.2) is 174 Å². The molecular weight excluding hydrogens is 601 g/mol. The van der Waals surface area contributed by atoms with Crippen LogP contribution in [0.25, 0.3) is 89.7 Å². The van der Waals surface area contributed by atoms with Gasteiger partial charge in [0.25, 0.3) is 0 Å². The number of rotatable bonds is 6. The molecule has 9 rings (SSSR count). The van der Waals surface area contributed by atoms with Crippen molar-refractivity contribution in [3.8, 4) is 67.9 Å². The Balaban J connectivity index is 1.12. The van der Waals surface area contributed by atoms with Crippen molar-refractivity contribution in [2.45, 2.75) is 0 Å². The molecule has 2 heterocycles. The molecule has 9 aromatic rings. The van der Waals surface area contributed by atoms with Crippen LogP contribution >= 0.6 is 0 Å². The lowest BCUT2D eigenvalue weighted by Crippen LogP contribution is -2.00. The summed E-state index contributed by atoms with van der Waals surface area (Å²) in [4.78, 5) is 19.7. The van der Waals surface area contributed by atoms with Crippen molar-refractivity contribution in [3.63, 3.8) is 0 Å². The lowest BCUT2D eigenvalue weighted by molar-refractivity contribution is 0.623. The molecule has 0 fully saturated rings. The predicted molar refractivity (Wildman–Crippen MR) is 198 cm³/mol. The molecular formula is C44H28N4O. The summed E-state index contributed by atoms with van der Waals surface area (Å²) >= 11 is 0. The zero-order valence-electron chi connectivity index (χ0n) is 26.4. The largest absolute Gasteiger partial charge is 0.435 e. The Morgan fingerprint density at radius 3 is 1.39 bits per heavy atom. The van der Waals surface area contributed by atoms with Crippen LogP contribution in [0.2, 0.25) is 0 Å². The molecule has 0 N–H and O–H groups in total. The third kappa shape index (κ3) is 5.43.